The van der Waals surface area contributed by atoms with E-state index in [0.717, 1.165) is 38.5 Å². The van der Waals surface area contributed by atoms with Crippen LogP contribution in [0.1, 0.15) is 99.8 Å². The Morgan fingerprint density at radius 3 is 2.26 bits per heavy atom. The normalized spacial score (nSPS) is 59.7. The van der Waals surface area contributed by atoms with E-state index in [1.165, 1.54) is 18.4 Å². The van der Waals surface area contributed by atoms with Crippen LogP contribution in [0.25, 0.3) is 0 Å². The summed E-state index contributed by atoms with van der Waals surface area (Å²) in [5.74, 6) is 1.27. The Kier molecular flexibility index (Phi) is 4.51. The van der Waals surface area contributed by atoms with E-state index in [0.29, 0.717) is 11.8 Å². The van der Waals surface area contributed by atoms with Crippen LogP contribution in [0.2, 0.25) is 0 Å². The molecule has 0 radical (unpaired) electrons. The summed E-state index contributed by atoms with van der Waals surface area (Å²) in [5.41, 5.74) is 1.26. The van der Waals surface area contributed by atoms with Crippen molar-refractivity contribution in [2.45, 2.75) is 118 Å². The van der Waals surface area contributed by atoms with E-state index in [1.54, 1.807) is 0 Å². The fourth-order valence-corrected chi connectivity index (χ4v) is 11.1. The van der Waals surface area contributed by atoms with Crippen LogP contribution >= 0.6 is 0 Å². The first kappa shape index (κ1) is 23.5. The Morgan fingerprint density at radius 1 is 0.882 bits per heavy atom. The van der Waals surface area contributed by atoms with Crippen molar-refractivity contribution in [2.24, 2.45) is 50.2 Å². The molecule has 0 aromatic heterocycles. The molecule has 0 aromatic carbocycles. The summed E-state index contributed by atoms with van der Waals surface area (Å²) in [6.45, 7) is 16.5. The van der Waals surface area contributed by atoms with E-state index in [9.17, 15) is 15.0 Å². The quantitative estimate of drug-likeness (QED) is 0.354. The van der Waals surface area contributed by atoms with Crippen molar-refractivity contribution in [1.29, 1.82) is 0 Å². The van der Waals surface area contributed by atoms with Crippen molar-refractivity contribution in [3.05, 3.63) is 11.6 Å². The molecule has 4 nitrogen and oxygen atoms in total. The topological polar surface area (TPSA) is 66.8 Å². The number of aliphatic hydroxyl groups is 2. The zero-order valence-corrected chi connectivity index (χ0v) is 22.4. The third-order valence-electron chi connectivity index (χ3n) is 13.8. The lowest BCUT2D eigenvalue weighted by Gasteiger charge is -2.72. The van der Waals surface area contributed by atoms with Gasteiger partial charge in [-0.2, -0.15) is 0 Å². The van der Waals surface area contributed by atoms with Crippen molar-refractivity contribution in [3.8, 4) is 0 Å². The molecular formula is C30H46O4. The summed E-state index contributed by atoms with van der Waals surface area (Å²) in [7, 11) is 0. The molecule has 0 amide bonds. The molecule has 1 aliphatic heterocycles. The number of ether oxygens (including phenoxy) is 1. The van der Waals surface area contributed by atoms with E-state index in [1.807, 2.05) is 6.92 Å². The number of allylic oxidation sites excluding steroid dienone is 2. The van der Waals surface area contributed by atoms with Crippen LogP contribution in [0, 0.1) is 50.2 Å². The molecule has 11 atom stereocenters. The first-order chi connectivity index (χ1) is 15.7. The minimum Gasteiger partial charge on any atom is -0.458 e. The molecule has 4 saturated carbocycles. The second kappa shape index (κ2) is 6.52. The number of esters is 1. The van der Waals surface area contributed by atoms with Crippen LogP contribution in [0.3, 0.4) is 0 Å². The van der Waals surface area contributed by atoms with Gasteiger partial charge in [-0.25, -0.2) is 0 Å². The third-order valence-corrected chi connectivity index (χ3v) is 13.8. The van der Waals surface area contributed by atoms with Gasteiger partial charge in [0.25, 0.3) is 0 Å². The molecule has 6 aliphatic rings. The van der Waals surface area contributed by atoms with E-state index in [-0.39, 0.29) is 51.2 Å². The zero-order chi connectivity index (χ0) is 24.7. The highest BCUT2D eigenvalue weighted by Gasteiger charge is 2.72. The maximum absolute atomic E-state index is 12.6. The molecule has 34 heavy (non-hydrogen) atoms. The predicted octanol–water partition coefficient (Wildman–Crippen LogP) is 5.66. The van der Waals surface area contributed by atoms with Crippen molar-refractivity contribution >= 4 is 5.97 Å². The number of hydrogen-bond acceptors (Lipinski definition) is 4. The number of hydrogen-bond donors (Lipinski definition) is 2. The van der Waals surface area contributed by atoms with E-state index in [4.69, 9.17) is 4.74 Å². The molecule has 1 heterocycles. The van der Waals surface area contributed by atoms with Gasteiger partial charge < -0.3 is 14.9 Å². The van der Waals surface area contributed by atoms with Gasteiger partial charge in [-0.05, 0) is 97.7 Å². The van der Waals surface area contributed by atoms with Crippen LogP contribution in [-0.4, -0.2) is 34.5 Å². The van der Waals surface area contributed by atoms with E-state index < -0.39 is 11.5 Å². The average Bonchev–Trinajstić information content (AvgIpc) is 2.76. The molecule has 6 rings (SSSR count). The Hall–Kier alpha value is -0.870. The van der Waals surface area contributed by atoms with Crippen LogP contribution in [-0.2, 0) is 9.53 Å². The molecule has 5 aliphatic carbocycles. The van der Waals surface area contributed by atoms with Crippen molar-refractivity contribution < 1.29 is 19.7 Å². The molecule has 0 unspecified atom stereocenters. The predicted molar refractivity (Wildman–Crippen MR) is 132 cm³/mol. The Balaban J connectivity index is 1.43. The molecule has 190 valence electrons. The highest BCUT2D eigenvalue weighted by atomic mass is 16.6. The molecular weight excluding hydrogens is 424 g/mol. The fourth-order valence-electron chi connectivity index (χ4n) is 11.1. The smallest absolute Gasteiger partial charge is 0.316 e. The largest absolute Gasteiger partial charge is 0.458 e. The molecule has 0 aromatic rings. The number of carbonyl (C=O) groups excluding carboxylic acids is 1. The van der Waals surface area contributed by atoms with Crippen molar-refractivity contribution in [3.63, 3.8) is 0 Å². The van der Waals surface area contributed by atoms with Gasteiger partial charge in [-0.3, -0.25) is 4.79 Å². The highest BCUT2D eigenvalue weighted by molar-refractivity contribution is 5.83. The standard InChI is InChI=1S/C30H46O4/c1-25(2)19-10-13-30(7)20(27(19,4)12-11-21(25)31)9-8-17-18-16-28(5)23(34-24(28)33)22(32)26(18,3)14-15-29(17,30)6/h8,18-23,31-32H,9-16H2,1-7H3/t18-,19+,20-,21+,22+,23-,26+,27+,28-,29+,30+/m1/s1. The Morgan fingerprint density at radius 2 is 1.59 bits per heavy atom. The van der Waals surface area contributed by atoms with Gasteiger partial charge in [-0.1, -0.05) is 53.2 Å². The van der Waals surface area contributed by atoms with Crippen LogP contribution in [0.15, 0.2) is 11.6 Å². The number of fused-ring (bicyclic) bond motifs is 8. The highest BCUT2D eigenvalue weighted by Crippen LogP contribution is 2.76. The number of carbonyl (C=O) groups is 1. The van der Waals surface area contributed by atoms with Crippen molar-refractivity contribution in [2.75, 3.05) is 0 Å². The van der Waals surface area contributed by atoms with Gasteiger partial charge in [0.05, 0.1) is 12.2 Å². The summed E-state index contributed by atoms with van der Waals surface area (Å²) in [4.78, 5) is 12.6. The molecule has 1 saturated heterocycles. The minimum atomic E-state index is -0.584. The van der Waals surface area contributed by atoms with Crippen LogP contribution in [0.4, 0.5) is 0 Å². The Labute approximate surface area is 205 Å². The SMILES string of the molecule is CC1(C)[C@@H](O)CC[C@]2(C)[C@H]3CC=C4[C@H]5C[C@@]6(C)C(=O)O[C@@H]6[C@H](O)[C@@]5(C)CC[C@]4(C)[C@@]3(C)CC[C@@H]12. The van der Waals surface area contributed by atoms with Crippen molar-refractivity contribution in [1.82, 2.24) is 0 Å². The maximum Gasteiger partial charge on any atom is 0.316 e. The van der Waals surface area contributed by atoms with Crippen LogP contribution < -0.4 is 0 Å². The Bertz CT molecular complexity index is 969. The first-order valence-corrected chi connectivity index (χ1v) is 13.9. The van der Waals surface area contributed by atoms with Gasteiger partial charge in [0.1, 0.15) is 11.5 Å². The molecule has 5 fully saturated rings. The second-order valence-electron chi connectivity index (χ2n) is 15.1. The van der Waals surface area contributed by atoms with Gasteiger partial charge in [0.2, 0.25) is 0 Å². The summed E-state index contributed by atoms with van der Waals surface area (Å²) in [6, 6.07) is 0. The molecule has 2 N–H and O–H groups in total. The van der Waals surface area contributed by atoms with E-state index in [2.05, 4.69) is 47.6 Å². The number of rotatable bonds is 0. The lowest BCUT2D eigenvalue weighted by Crippen LogP contribution is -2.71. The zero-order valence-electron chi connectivity index (χ0n) is 22.4. The van der Waals surface area contributed by atoms with E-state index >= 15 is 0 Å². The summed E-state index contributed by atoms with van der Waals surface area (Å²) in [6.07, 6.45) is 9.85. The third kappa shape index (κ3) is 2.37. The monoisotopic (exact) mass is 470 g/mol. The summed E-state index contributed by atoms with van der Waals surface area (Å²) < 4.78 is 5.51. The first-order valence-electron chi connectivity index (χ1n) is 13.9. The summed E-state index contributed by atoms with van der Waals surface area (Å²) in [5, 5.41) is 22.4. The van der Waals surface area contributed by atoms with Gasteiger partial charge in [0, 0.05) is 5.41 Å². The maximum atomic E-state index is 12.6. The van der Waals surface area contributed by atoms with Crippen LogP contribution in [0.5, 0.6) is 0 Å². The van der Waals surface area contributed by atoms with Gasteiger partial charge >= 0.3 is 5.97 Å². The second-order valence-corrected chi connectivity index (χ2v) is 15.1. The fraction of sp³-hybridized carbons (Fsp3) is 0.900. The molecule has 0 spiro atoms. The minimum absolute atomic E-state index is 0.0357. The molecule has 4 heteroatoms. The molecule has 0 bridgehead atoms. The summed E-state index contributed by atoms with van der Waals surface area (Å²) >= 11 is 0. The number of aliphatic hydroxyl groups excluding tert-OH is 2. The van der Waals surface area contributed by atoms with Gasteiger partial charge in [-0.15, -0.1) is 0 Å². The van der Waals surface area contributed by atoms with Gasteiger partial charge in [0.15, 0.2) is 0 Å². The lowest BCUT2D eigenvalue weighted by atomic mass is 9.33. The average molecular weight is 471 g/mol. The lowest BCUT2D eigenvalue weighted by molar-refractivity contribution is -0.266.